The largest absolute Gasteiger partial charge is 0.321 e. The molecular formula is C15H12ClN3O2S. The fraction of sp³-hybridized carbons (Fsp3) is 0.133. The number of H-pyrrole nitrogens is 1. The van der Waals surface area contributed by atoms with Crippen molar-refractivity contribution in [2.75, 3.05) is 5.32 Å². The molecule has 0 radical (unpaired) electrons. The van der Waals surface area contributed by atoms with Gasteiger partial charge in [0, 0.05) is 5.69 Å². The Bertz CT molecular complexity index is 902. The second-order valence-corrected chi connectivity index (χ2v) is 5.97. The van der Waals surface area contributed by atoms with Crippen LogP contribution < -0.4 is 10.9 Å². The van der Waals surface area contributed by atoms with Crippen molar-refractivity contribution < 1.29 is 4.79 Å². The Morgan fingerprint density at radius 1 is 1.36 bits per heavy atom. The SMILES string of the molecule is Cc1c(C(=O)Nc2ccccc2)sc2nc(CCl)[nH]c(=O)c12. The average molecular weight is 334 g/mol. The van der Waals surface area contributed by atoms with E-state index in [1.807, 2.05) is 18.2 Å². The molecule has 0 saturated heterocycles. The standard InChI is InChI=1S/C15H12ClN3O2S/c1-8-11-13(20)18-10(7-16)19-15(11)22-12(8)14(21)17-9-5-3-2-4-6-9/h2-6H,7H2,1H3,(H,17,21)(H,18,19,20). The number of hydrogen-bond acceptors (Lipinski definition) is 4. The molecule has 0 aliphatic carbocycles. The smallest absolute Gasteiger partial charge is 0.266 e. The fourth-order valence-electron chi connectivity index (χ4n) is 2.18. The first-order chi connectivity index (χ1) is 10.6. The van der Waals surface area contributed by atoms with Gasteiger partial charge in [-0.05, 0) is 24.6 Å². The number of thiophene rings is 1. The van der Waals surface area contributed by atoms with E-state index in [-0.39, 0.29) is 17.3 Å². The lowest BCUT2D eigenvalue weighted by Crippen LogP contribution is -2.13. The highest BCUT2D eigenvalue weighted by molar-refractivity contribution is 7.20. The van der Waals surface area contributed by atoms with Gasteiger partial charge in [-0.25, -0.2) is 4.98 Å². The number of aryl methyl sites for hydroxylation is 1. The van der Waals surface area contributed by atoms with E-state index in [0.29, 0.717) is 32.2 Å². The molecule has 0 unspecified atom stereocenters. The van der Waals surface area contributed by atoms with E-state index in [4.69, 9.17) is 11.6 Å². The minimum Gasteiger partial charge on any atom is -0.321 e. The number of aromatic amines is 1. The third-order valence-electron chi connectivity index (χ3n) is 3.21. The molecule has 0 aliphatic rings. The number of amides is 1. The predicted octanol–water partition coefficient (Wildman–Crippen LogP) is 3.28. The van der Waals surface area contributed by atoms with Crippen molar-refractivity contribution in [2.45, 2.75) is 12.8 Å². The number of rotatable bonds is 3. The third-order valence-corrected chi connectivity index (χ3v) is 4.65. The van der Waals surface area contributed by atoms with E-state index in [1.165, 1.54) is 11.3 Å². The summed E-state index contributed by atoms with van der Waals surface area (Å²) in [5.41, 5.74) is 1.06. The number of anilines is 1. The summed E-state index contributed by atoms with van der Waals surface area (Å²) in [6, 6.07) is 9.16. The molecule has 1 aromatic carbocycles. The number of aromatic nitrogens is 2. The molecule has 3 rings (SSSR count). The number of fused-ring (bicyclic) bond motifs is 1. The fourth-order valence-corrected chi connectivity index (χ4v) is 3.40. The Morgan fingerprint density at radius 3 is 2.77 bits per heavy atom. The molecule has 0 spiro atoms. The van der Waals surface area contributed by atoms with Crippen LogP contribution in [0.15, 0.2) is 35.1 Å². The van der Waals surface area contributed by atoms with Crippen molar-refractivity contribution in [3.8, 4) is 0 Å². The van der Waals surface area contributed by atoms with Crippen LogP contribution in [-0.4, -0.2) is 15.9 Å². The lowest BCUT2D eigenvalue weighted by molar-refractivity contribution is 0.103. The zero-order valence-electron chi connectivity index (χ0n) is 11.6. The minimum absolute atomic E-state index is 0.119. The quantitative estimate of drug-likeness (QED) is 0.722. The third kappa shape index (κ3) is 2.63. The van der Waals surface area contributed by atoms with Crippen molar-refractivity contribution in [1.82, 2.24) is 9.97 Å². The van der Waals surface area contributed by atoms with E-state index in [2.05, 4.69) is 15.3 Å². The van der Waals surface area contributed by atoms with Gasteiger partial charge < -0.3 is 10.3 Å². The number of nitrogens with one attached hydrogen (secondary N) is 2. The number of hydrogen-bond donors (Lipinski definition) is 2. The van der Waals surface area contributed by atoms with Gasteiger partial charge in [-0.1, -0.05) is 18.2 Å². The molecule has 0 atom stereocenters. The molecule has 0 fully saturated rings. The Hall–Kier alpha value is -2.18. The molecule has 1 amide bonds. The van der Waals surface area contributed by atoms with Crippen LogP contribution in [0.1, 0.15) is 21.1 Å². The Morgan fingerprint density at radius 2 is 2.09 bits per heavy atom. The number of benzene rings is 1. The molecule has 2 aromatic heterocycles. The van der Waals surface area contributed by atoms with Crippen LogP contribution in [0.4, 0.5) is 5.69 Å². The van der Waals surface area contributed by atoms with Gasteiger partial charge in [0.1, 0.15) is 10.7 Å². The highest BCUT2D eigenvalue weighted by atomic mass is 35.5. The molecule has 5 nitrogen and oxygen atoms in total. The summed E-state index contributed by atoms with van der Waals surface area (Å²) >= 11 is 6.90. The Labute approximate surface area is 135 Å². The van der Waals surface area contributed by atoms with E-state index in [1.54, 1.807) is 19.1 Å². The van der Waals surface area contributed by atoms with Gasteiger partial charge in [0.25, 0.3) is 11.5 Å². The monoisotopic (exact) mass is 333 g/mol. The van der Waals surface area contributed by atoms with Crippen molar-refractivity contribution in [2.24, 2.45) is 0 Å². The van der Waals surface area contributed by atoms with Gasteiger partial charge in [0.2, 0.25) is 0 Å². The minimum atomic E-state index is -0.270. The van der Waals surface area contributed by atoms with Gasteiger partial charge in [-0.2, -0.15) is 0 Å². The van der Waals surface area contributed by atoms with Gasteiger partial charge in [0.05, 0.1) is 16.1 Å². The second-order valence-electron chi connectivity index (χ2n) is 4.70. The number of halogens is 1. The van der Waals surface area contributed by atoms with Crippen molar-refractivity contribution in [1.29, 1.82) is 0 Å². The summed E-state index contributed by atoms with van der Waals surface area (Å²) in [7, 11) is 0. The van der Waals surface area contributed by atoms with Crippen molar-refractivity contribution in [3.05, 3.63) is 57.0 Å². The number of carbonyl (C=O) groups excluding carboxylic acids is 1. The van der Waals surface area contributed by atoms with Crippen molar-refractivity contribution >= 4 is 44.7 Å². The molecule has 0 bridgehead atoms. The highest BCUT2D eigenvalue weighted by Gasteiger charge is 2.19. The molecule has 7 heteroatoms. The summed E-state index contributed by atoms with van der Waals surface area (Å²) < 4.78 is 0. The van der Waals surface area contributed by atoms with Gasteiger partial charge in [0.15, 0.2) is 0 Å². The van der Waals surface area contributed by atoms with E-state index in [0.717, 1.165) is 0 Å². The zero-order chi connectivity index (χ0) is 15.7. The average Bonchev–Trinajstić information content (AvgIpc) is 2.85. The first-order valence-corrected chi connectivity index (χ1v) is 7.90. The van der Waals surface area contributed by atoms with Crippen LogP contribution >= 0.6 is 22.9 Å². The number of nitrogens with zero attached hydrogens (tertiary/aromatic N) is 1. The van der Waals surface area contributed by atoms with Crippen molar-refractivity contribution in [3.63, 3.8) is 0 Å². The van der Waals surface area contributed by atoms with E-state index in [9.17, 15) is 9.59 Å². The summed E-state index contributed by atoms with van der Waals surface area (Å²) in [5.74, 6) is 0.266. The Kier molecular flexibility index (Phi) is 3.96. The maximum atomic E-state index is 12.4. The van der Waals surface area contributed by atoms with Crippen LogP contribution in [0.2, 0.25) is 0 Å². The molecular weight excluding hydrogens is 322 g/mol. The van der Waals surface area contributed by atoms with E-state index < -0.39 is 0 Å². The molecule has 0 saturated carbocycles. The first-order valence-electron chi connectivity index (χ1n) is 6.55. The number of carbonyl (C=O) groups is 1. The summed E-state index contributed by atoms with van der Waals surface area (Å²) in [5, 5.41) is 3.26. The van der Waals surface area contributed by atoms with Crippen LogP contribution in [0.25, 0.3) is 10.2 Å². The molecule has 3 aromatic rings. The summed E-state index contributed by atoms with van der Waals surface area (Å²) in [6.07, 6.45) is 0. The molecule has 112 valence electrons. The molecule has 0 aliphatic heterocycles. The lowest BCUT2D eigenvalue weighted by Gasteiger charge is -2.03. The predicted molar refractivity (Wildman–Crippen MR) is 88.9 cm³/mol. The summed E-state index contributed by atoms with van der Waals surface area (Å²) in [6.45, 7) is 1.75. The Balaban J connectivity index is 2.04. The lowest BCUT2D eigenvalue weighted by atomic mass is 10.2. The van der Waals surface area contributed by atoms with E-state index >= 15 is 0 Å². The number of para-hydroxylation sites is 1. The molecule has 2 heterocycles. The molecule has 22 heavy (non-hydrogen) atoms. The van der Waals surface area contributed by atoms with Crippen LogP contribution in [-0.2, 0) is 5.88 Å². The van der Waals surface area contributed by atoms with Crippen LogP contribution in [0.5, 0.6) is 0 Å². The number of alkyl halides is 1. The highest BCUT2D eigenvalue weighted by Crippen LogP contribution is 2.27. The first kappa shape index (κ1) is 14.7. The summed E-state index contributed by atoms with van der Waals surface area (Å²) in [4.78, 5) is 32.4. The van der Waals surface area contributed by atoms with Crippen LogP contribution in [0, 0.1) is 6.92 Å². The normalized spacial score (nSPS) is 10.8. The molecule has 2 N–H and O–H groups in total. The van der Waals surface area contributed by atoms with Crippen LogP contribution in [0.3, 0.4) is 0 Å². The maximum absolute atomic E-state index is 12.4. The van der Waals surface area contributed by atoms with Gasteiger partial charge >= 0.3 is 0 Å². The van der Waals surface area contributed by atoms with Gasteiger partial charge in [-0.3, -0.25) is 9.59 Å². The maximum Gasteiger partial charge on any atom is 0.266 e. The zero-order valence-corrected chi connectivity index (χ0v) is 13.2. The van der Waals surface area contributed by atoms with Gasteiger partial charge in [-0.15, -0.1) is 22.9 Å². The second kappa shape index (κ2) is 5.90. The topological polar surface area (TPSA) is 74.8 Å².